The summed E-state index contributed by atoms with van der Waals surface area (Å²) in [6, 6.07) is 6.58. The van der Waals surface area contributed by atoms with Crippen LogP contribution < -0.4 is 5.32 Å². The van der Waals surface area contributed by atoms with Crippen LogP contribution in [-0.4, -0.2) is 41.9 Å². The first-order valence-electron chi connectivity index (χ1n) is 6.81. The number of amides is 1. The number of nitrogens with zero attached hydrogens (tertiary/aromatic N) is 2. The first-order chi connectivity index (χ1) is 9.61. The van der Waals surface area contributed by atoms with Gasteiger partial charge in [-0.15, -0.1) is 0 Å². The van der Waals surface area contributed by atoms with Gasteiger partial charge in [0.2, 0.25) is 5.91 Å². The highest BCUT2D eigenvalue weighted by atomic mass is 16.6. The fourth-order valence-electron chi connectivity index (χ4n) is 2.61. The second-order valence-corrected chi connectivity index (χ2v) is 4.98. The summed E-state index contributed by atoms with van der Waals surface area (Å²) >= 11 is 0. The molecule has 6 nitrogen and oxygen atoms in total. The van der Waals surface area contributed by atoms with Crippen molar-refractivity contribution in [1.29, 1.82) is 0 Å². The minimum absolute atomic E-state index is 0.0296. The second-order valence-electron chi connectivity index (χ2n) is 4.98. The zero-order valence-corrected chi connectivity index (χ0v) is 11.5. The average molecular weight is 277 g/mol. The molecule has 1 amide bonds. The summed E-state index contributed by atoms with van der Waals surface area (Å²) in [6.07, 6.45) is 2.74. The summed E-state index contributed by atoms with van der Waals surface area (Å²) in [4.78, 5) is 24.1. The number of likely N-dealkylation sites (N-methyl/N-ethyl adjacent to an activating group) is 1. The van der Waals surface area contributed by atoms with E-state index in [1.165, 1.54) is 12.1 Å². The standard InChI is InChI=1S/C14H19N3O3/c1-15-14(18)13-3-2-9-16(13)10-8-11-4-6-12(7-5-11)17(19)20/h4-7,13H,2-3,8-10H2,1H3,(H,15,18)/t13-/m0/s1. The molecule has 0 saturated carbocycles. The lowest BCUT2D eigenvalue weighted by Crippen LogP contribution is -2.42. The van der Waals surface area contributed by atoms with Crippen LogP contribution >= 0.6 is 0 Å². The van der Waals surface area contributed by atoms with Crippen molar-refractivity contribution in [3.63, 3.8) is 0 Å². The van der Waals surface area contributed by atoms with Gasteiger partial charge in [0.1, 0.15) is 0 Å². The van der Waals surface area contributed by atoms with E-state index in [2.05, 4.69) is 10.2 Å². The molecule has 108 valence electrons. The van der Waals surface area contributed by atoms with Gasteiger partial charge in [0.05, 0.1) is 11.0 Å². The van der Waals surface area contributed by atoms with Crippen molar-refractivity contribution in [3.8, 4) is 0 Å². The number of nitro groups is 1. The molecule has 1 aromatic carbocycles. The van der Waals surface area contributed by atoms with Gasteiger partial charge in [-0.3, -0.25) is 19.8 Å². The van der Waals surface area contributed by atoms with Crippen molar-refractivity contribution in [2.24, 2.45) is 0 Å². The third-order valence-electron chi connectivity index (χ3n) is 3.75. The lowest BCUT2D eigenvalue weighted by molar-refractivity contribution is -0.384. The van der Waals surface area contributed by atoms with E-state index in [4.69, 9.17) is 0 Å². The molecule has 1 aliphatic rings. The fraction of sp³-hybridized carbons (Fsp3) is 0.500. The third kappa shape index (κ3) is 3.33. The van der Waals surface area contributed by atoms with E-state index in [9.17, 15) is 14.9 Å². The molecule has 0 aromatic heterocycles. The number of rotatable bonds is 5. The van der Waals surface area contributed by atoms with Crippen LogP contribution in [-0.2, 0) is 11.2 Å². The number of nitro benzene ring substituents is 1. The molecule has 1 saturated heterocycles. The number of carbonyl (C=O) groups is 1. The molecule has 1 N–H and O–H groups in total. The molecule has 0 unspecified atom stereocenters. The lowest BCUT2D eigenvalue weighted by atomic mass is 10.1. The quantitative estimate of drug-likeness (QED) is 0.651. The van der Waals surface area contributed by atoms with Crippen LogP contribution in [0.3, 0.4) is 0 Å². The van der Waals surface area contributed by atoms with E-state index in [0.29, 0.717) is 0 Å². The number of nitrogens with one attached hydrogen (secondary N) is 1. The first-order valence-corrected chi connectivity index (χ1v) is 6.81. The largest absolute Gasteiger partial charge is 0.358 e. The highest BCUT2D eigenvalue weighted by Crippen LogP contribution is 2.18. The third-order valence-corrected chi connectivity index (χ3v) is 3.75. The van der Waals surface area contributed by atoms with Crippen LogP contribution in [0.5, 0.6) is 0 Å². The molecule has 0 radical (unpaired) electrons. The van der Waals surface area contributed by atoms with Crippen molar-refractivity contribution < 1.29 is 9.72 Å². The highest BCUT2D eigenvalue weighted by molar-refractivity contribution is 5.81. The van der Waals surface area contributed by atoms with Crippen molar-refractivity contribution >= 4 is 11.6 Å². The van der Waals surface area contributed by atoms with Gasteiger partial charge in [0.15, 0.2) is 0 Å². The first kappa shape index (κ1) is 14.5. The monoisotopic (exact) mass is 277 g/mol. The van der Waals surface area contributed by atoms with Gasteiger partial charge in [-0.1, -0.05) is 12.1 Å². The van der Waals surface area contributed by atoms with Crippen LogP contribution in [0.1, 0.15) is 18.4 Å². The smallest absolute Gasteiger partial charge is 0.269 e. The van der Waals surface area contributed by atoms with Crippen LogP contribution in [0.4, 0.5) is 5.69 Å². The van der Waals surface area contributed by atoms with Gasteiger partial charge < -0.3 is 5.32 Å². The molecule has 0 bridgehead atoms. The minimum atomic E-state index is -0.397. The topological polar surface area (TPSA) is 75.5 Å². The maximum absolute atomic E-state index is 11.7. The fourth-order valence-corrected chi connectivity index (χ4v) is 2.61. The van der Waals surface area contributed by atoms with E-state index in [1.54, 1.807) is 19.2 Å². The Labute approximate surface area is 117 Å². The Kier molecular flexibility index (Phi) is 4.68. The summed E-state index contributed by atoms with van der Waals surface area (Å²) < 4.78 is 0. The number of carbonyl (C=O) groups excluding carboxylic acids is 1. The number of hydrogen-bond donors (Lipinski definition) is 1. The van der Waals surface area contributed by atoms with Gasteiger partial charge >= 0.3 is 0 Å². The number of likely N-dealkylation sites (tertiary alicyclic amines) is 1. The summed E-state index contributed by atoms with van der Waals surface area (Å²) in [5, 5.41) is 13.3. The van der Waals surface area contributed by atoms with Crippen LogP contribution in [0.2, 0.25) is 0 Å². The molecule has 1 atom stereocenters. The molecule has 0 aliphatic carbocycles. The Morgan fingerprint density at radius 2 is 2.15 bits per heavy atom. The average Bonchev–Trinajstić information content (AvgIpc) is 2.93. The Bertz CT molecular complexity index is 487. The molecule has 0 spiro atoms. The molecule has 20 heavy (non-hydrogen) atoms. The second kappa shape index (κ2) is 6.47. The maximum Gasteiger partial charge on any atom is 0.269 e. The molecule has 1 aliphatic heterocycles. The molecular formula is C14H19N3O3. The van der Waals surface area contributed by atoms with E-state index in [1.807, 2.05) is 0 Å². The van der Waals surface area contributed by atoms with Gasteiger partial charge in [-0.25, -0.2) is 0 Å². The molecule has 1 fully saturated rings. The highest BCUT2D eigenvalue weighted by Gasteiger charge is 2.29. The number of non-ortho nitro benzene ring substituents is 1. The van der Waals surface area contributed by atoms with Crippen molar-refractivity contribution in [2.45, 2.75) is 25.3 Å². The molecular weight excluding hydrogens is 258 g/mol. The lowest BCUT2D eigenvalue weighted by Gasteiger charge is -2.22. The van der Waals surface area contributed by atoms with Crippen LogP contribution in [0.15, 0.2) is 24.3 Å². The minimum Gasteiger partial charge on any atom is -0.358 e. The summed E-state index contributed by atoms with van der Waals surface area (Å²) in [5.74, 6) is 0.0752. The molecule has 6 heteroatoms. The van der Waals surface area contributed by atoms with E-state index >= 15 is 0 Å². The Balaban J connectivity index is 1.91. The Morgan fingerprint density at radius 3 is 2.75 bits per heavy atom. The zero-order valence-electron chi connectivity index (χ0n) is 11.5. The van der Waals surface area contributed by atoms with Gasteiger partial charge in [-0.2, -0.15) is 0 Å². The SMILES string of the molecule is CNC(=O)[C@@H]1CCCN1CCc1ccc([N+](=O)[O-])cc1. The molecule has 1 aromatic rings. The van der Waals surface area contributed by atoms with Crippen molar-refractivity contribution in [1.82, 2.24) is 10.2 Å². The van der Waals surface area contributed by atoms with Crippen molar-refractivity contribution in [2.75, 3.05) is 20.1 Å². The maximum atomic E-state index is 11.7. The van der Waals surface area contributed by atoms with E-state index < -0.39 is 4.92 Å². The Hall–Kier alpha value is -1.95. The summed E-state index contributed by atoms with van der Waals surface area (Å²) in [5.41, 5.74) is 1.16. The van der Waals surface area contributed by atoms with Crippen LogP contribution in [0, 0.1) is 10.1 Å². The molecule has 1 heterocycles. The molecule has 2 rings (SSSR count). The van der Waals surface area contributed by atoms with Crippen molar-refractivity contribution in [3.05, 3.63) is 39.9 Å². The summed E-state index contributed by atoms with van der Waals surface area (Å²) in [7, 11) is 1.66. The number of hydrogen-bond acceptors (Lipinski definition) is 4. The van der Waals surface area contributed by atoms with Gasteiger partial charge in [0, 0.05) is 25.7 Å². The predicted molar refractivity (Wildman–Crippen MR) is 75.5 cm³/mol. The van der Waals surface area contributed by atoms with Gasteiger partial charge in [0.25, 0.3) is 5.69 Å². The van der Waals surface area contributed by atoms with E-state index in [-0.39, 0.29) is 17.6 Å². The summed E-state index contributed by atoms with van der Waals surface area (Å²) in [6.45, 7) is 1.74. The normalized spacial score (nSPS) is 18.9. The van der Waals surface area contributed by atoms with Crippen LogP contribution in [0.25, 0.3) is 0 Å². The van der Waals surface area contributed by atoms with E-state index in [0.717, 1.165) is 37.9 Å². The zero-order chi connectivity index (χ0) is 14.5. The number of benzene rings is 1. The Morgan fingerprint density at radius 1 is 1.45 bits per heavy atom. The predicted octanol–water partition coefficient (Wildman–Crippen LogP) is 1.35. The van der Waals surface area contributed by atoms with Gasteiger partial charge in [-0.05, 0) is 31.4 Å².